The molecule has 1 N–H and O–H groups in total. The number of nitrogens with zero attached hydrogens (tertiary/aromatic N) is 2. The third-order valence-electron chi connectivity index (χ3n) is 5.85. The van der Waals surface area contributed by atoms with Gasteiger partial charge in [-0.15, -0.1) is 0 Å². The van der Waals surface area contributed by atoms with Crippen molar-refractivity contribution in [1.82, 2.24) is 5.01 Å². The predicted molar refractivity (Wildman–Crippen MR) is 111 cm³/mol. The second-order valence-corrected chi connectivity index (χ2v) is 7.98. The first-order chi connectivity index (χ1) is 14.6. The molecule has 1 spiro atoms. The number of halogens is 2. The summed E-state index contributed by atoms with van der Waals surface area (Å²) in [6, 6.07) is 18.9. The van der Waals surface area contributed by atoms with E-state index < -0.39 is 5.72 Å². The molecule has 0 bridgehead atoms. The van der Waals surface area contributed by atoms with Gasteiger partial charge in [-0.05, 0) is 42.0 Å². The van der Waals surface area contributed by atoms with Gasteiger partial charge in [0.05, 0.1) is 23.0 Å². The molecule has 3 aliphatic heterocycles. The van der Waals surface area contributed by atoms with Gasteiger partial charge in [0.15, 0.2) is 0 Å². The van der Waals surface area contributed by atoms with Gasteiger partial charge in [-0.25, -0.2) is 9.40 Å². The molecule has 3 heterocycles. The number of amides is 1. The summed E-state index contributed by atoms with van der Waals surface area (Å²) in [7, 11) is 0. The van der Waals surface area contributed by atoms with E-state index in [0.717, 1.165) is 16.8 Å². The number of hydrogen-bond acceptors (Lipinski definition) is 4. The van der Waals surface area contributed by atoms with E-state index in [1.165, 1.54) is 12.1 Å². The van der Waals surface area contributed by atoms with Gasteiger partial charge < -0.3 is 10.1 Å². The molecule has 0 saturated heterocycles. The van der Waals surface area contributed by atoms with Crippen molar-refractivity contribution in [2.24, 2.45) is 5.10 Å². The van der Waals surface area contributed by atoms with Gasteiger partial charge in [0.1, 0.15) is 11.6 Å². The number of carbonyl (C=O) groups excluding carboxylic acids is 1. The van der Waals surface area contributed by atoms with Crippen LogP contribution in [0.2, 0.25) is 5.02 Å². The molecule has 0 unspecified atom stereocenters. The average molecular weight is 420 g/mol. The van der Waals surface area contributed by atoms with Crippen molar-refractivity contribution in [3.8, 4) is 5.75 Å². The lowest BCUT2D eigenvalue weighted by atomic mass is 9.92. The first-order valence-corrected chi connectivity index (χ1v) is 9.96. The smallest absolute Gasteiger partial charge is 0.306 e. The summed E-state index contributed by atoms with van der Waals surface area (Å²) in [5.74, 6) is 0.0135. The number of ether oxygens (including phenoxy) is 1. The number of rotatable bonds is 1. The van der Waals surface area contributed by atoms with E-state index in [2.05, 4.69) is 5.32 Å². The molecule has 0 aromatic heterocycles. The molecular formula is C23H15ClFN3O2. The van der Waals surface area contributed by atoms with E-state index in [1.807, 2.05) is 24.3 Å². The topological polar surface area (TPSA) is 53.9 Å². The lowest BCUT2D eigenvalue weighted by Crippen LogP contribution is -2.55. The van der Waals surface area contributed by atoms with Gasteiger partial charge in [-0.1, -0.05) is 41.9 Å². The van der Waals surface area contributed by atoms with Crippen molar-refractivity contribution >= 4 is 28.9 Å². The third kappa shape index (κ3) is 2.28. The number of para-hydroxylation sites is 1. The highest BCUT2D eigenvalue weighted by atomic mass is 35.5. The molecular weight excluding hydrogens is 405 g/mol. The lowest BCUT2D eigenvalue weighted by molar-refractivity contribution is -0.161. The number of fused-ring (bicyclic) bond motifs is 6. The second-order valence-electron chi connectivity index (χ2n) is 7.55. The molecule has 6 rings (SSSR count). The fraction of sp³-hybridized carbons (Fsp3) is 0.130. The van der Waals surface area contributed by atoms with Gasteiger partial charge in [-0.3, -0.25) is 4.79 Å². The number of hydrogen-bond donors (Lipinski definition) is 1. The molecule has 30 heavy (non-hydrogen) atoms. The number of carbonyl (C=O) groups is 1. The average Bonchev–Trinajstić information content (AvgIpc) is 3.30. The largest absolute Gasteiger partial charge is 0.453 e. The Morgan fingerprint density at radius 1 is 1.13 bits per heavy atom. The van der Waals surface area contributed by atoms with E-state index in [1.54, 1.807) is 35.3 Å². The molecule has 0 aliphatic carbocycles. The van der Waals surface area contributed by atoms with Crippen LogP contribution < -0.4 is 10.1 Å². The lowest BCUT2D eigenvalue weighted by Gasteiger charge is -2.44. The molecule has 7 heteroatoms. The number of nitrogens with one attached hydrogen (secondary N) is 1. The van der Waals surface area contributed by atoms with Crippen LogP contribution in [0.15, 0.2) is 71.8 Å². The molecule has 0 saturated carbocycles. The number of anilines is 1. The van der Waals surface area contributed by atoms with Crippen molar-refractivity contribution in [2.75, 3.05) is 5.32 Å². The van der Waals surface area contributed by atoms with Crippen molar-refractivity contribution in [1.29, 1.82) is 0 Å². The highest BCUT2D eigenvalue weighted by Gasteiger charge is 2.60. The zero-order valence-electron chi connectivity index (χ0n) is 15.6. The standard InChI is InChI=1S/C23H15ClFN3O2/c24-14-7-10-18-17(11-14)23(22(29)26-18)28-20(16-3-1-2-4-21(16)30-23)12-19(27-28)13-5-8-15(25)9-6-13/h1-11,20H,12H2,(H,26,29)/t20-,23-/m1/s1. The fourth-order valence-corrected chi connectivity index (χ4v) is 4.65. The Balaban J connectivity index is 1.57. The Morgan fingerprint density at radius 3 is 2.77 bits per heavy atom. The Bertz CT molecular complexity index is 1240. The minimum Gasteiger partial charge on any atom is -0.453 e. The van der Waals surface area contributed by atoms with Crippen molar-refractivity contribution in [2.45, 2.75) is 18.2 Å². The first kappa shape index (κ1) is 17.5. The fourth-order valence-electron chi connectivity index (χ4n) is 4.48. The van der Waals surface area contributed by atoms with E-state index in [4.69, 9.17) is 21.4 Å². The molecule has 3 aromatic carbocycles. The summed E-state index contributed by atoms with van der Waals surface area (Å²) in [6.45, 7) is 0. The molecule has 2 atom stereocenters. The van der Waals surface area contributed by atoms with E-state index in [-0.39, 0.29) is 17.8 Å². The Hall–Kier alpha value is -3.38. The van der Waals surface area contributed by atoms with Crippen LogP contribution in [-0.2, 0) is 10.5 Å². The minimum absolute atomic E-state index is 0.203. The summed E-state index contributed by atoms with van der Waals surface area (Å²) < 4.78 is 19.8. The summed E-state index contributed by atoms with van der Waals surface area (Å²) in [4.78, 5) is 13.3. The SMILES string of the molecule is O=C1Nc2ccc(Cl)cc2[C@@]12Oc1ccccc1[C@H]1CC(c3ccc(F)cc3)=NN12. The summed E-state index contributed by atoms with van der Waals surface area (Å²) in [5, 5.41) is 9.96. The molecule has 3 aromatic rings. The Kier molecular flexibility index (Phi) is 3.53. The normalized spacial score (nSPS) is 23.4. The Morgan fingerprint density at radius 2 is 1.93 bits per heavy atom. The van der Waals surface area contributed by atoms with Crippen LogP contribution in [0.25, 0.3) is 0 Å². The highest BCUT2D eigenvalue weighted by Crippen LogP contribution is 2.54. The zero-order valence-corrected chi connectivity index (χ0v) is 16.4. The predicted octanol–water partition coefficient (Wildman–Crippen LogP) is 4.83. The van der Waals surface area contributed by atoms with Crippen molar-refractivity contribution in [3.05, 3.63) is 94.3 Å². The second kappa shape index (κ2) is 6.06. The van der Waals surface area contributed by atoms with Crippen LogP contribution in [0.1, 0.15) is 29.2 Å². The third-order valence-corrected chi connectivity index (χ3v) is 6.08. The highest BCUT2D eigenvalue weighted by molar-refractivity contribution is 6.31. The van der Waals surface area contributed by atoms with Gasteiger partial charge in [0, 0.05) is 17.0 Å². The molecule has 148 valence electrons. The Labute approximate surface area is 176 Å². The maximum atomic E-state index is 13.4. The number of benzene rings is 3. The van der Waals surface area contributed by atoms with Gasteiger partial charge >= 0.3 is 5.72 Å². The van der Waals surface area contributed by atoms with Crippen molar-refractivity contribution < 1.29 is 13.9 Å². The van der Waals surface area contributed by atoms with Gasteiger partial charge in [0.2, 0.25) is 0 Å². The van der Waals surface area contributed by atoms with Crippen LogP contribution in [0.3, 0.4) is 0 Å². The first-order valence-electron chi connectivity index (χ1n) is 9.58. The number of hydrazone groups is 1. The van der Waals surface area contributed by atoms with Crippen LogP contribution in [-0.4, -0.2) is 16.6 Å². The summed E-state index contributed by atoms with van der Waals surface area (Å²) >= 11 is 6.27. The molecule has 0 radical (unpaired) electrons. The maximum Gasteiger partial charge on any atom is 0.306 e. The van der Waals surface area contributed by atoms with Crippen LogP contribution in [0.5, 0.6) is 5.75 Å². The minimum atomic E-state index is -1.46. The van der Waals surface area contributed by atoms with Crippen LogP contribution in [0.4, 0.5) is 10.1 Å². The van der Waals surface area contributed by atoms with Crippen molar-refractivity contribution in [3.63, 3.8) is 0 Å². The zero-order chi connectivity index (χ0) is 20.5. The monoisotopic (exact) mass is 419 g/mol. The van der Waals surface area contributed by atoms with Crippen LogP contribution in [0, 0.1) is 5.82 Å². The van der Waals surface area contributed by atoms with Crippen LogP contribution >= 0.6 is 11.6 Å². The summed E-state index contributed by atoms with van der Waals surface area (Å²) in [6.07, 6.45) is 0.566. The maximum absolute atomic E-state index is 13.4. The molecule has 0 fully saturated rings. The molecule has 5 nitrogen and oxygen atoms in total. The van der Waals surface area contributed by atoms with Gasteiger partial charge in [0.25, 0.3) is 5.91 Å². The van der Waals surface area contributed by atoms with E-state index >= 15 is 0 Å². The quantitative estimate of drug-likeness (QED) is 0.614. The van der Waals surface area contributed by atoms with Gasteiger partial charge in [-0.2, -0.15) is 5.10 Å². The van der Waals surface area contributed by atoms with E-state index in [9.17, 15) is 9.18 Å². The summed E-state index contributed by atoms with van der Waals surface area (Å²) in [5.41, 5.74) is 2.34. The van der Waals surface area contributed by atoms with E-state index in [0.29, 0.717) is 28.4 Å². The molecule has 1 amide bonds. The molecule has 3 aliphatic rings.